The molecule has 6 nitrogen and oxygen atoms in total. The van der Waals surface area contributed by atoms with Gasteiger partial charge in [0.1, 0.15) is 5.75 Å². The molecule has 1 N–H and O–H groups in total. The Labute approximate surface area is 182 Å². The minimum atomic E-state index is -0.527. The monoisotopic (exact) mass is 418 g/mol. The molecule has 2 heterocycles. The number of ether oxygens (including phenoxy) is 2. The molecule has 2 aromatic rings. The number of hydrogen-bond donors (Lipinski definition) is 1. The first-order valence-corrected chi connectivity index (χ1v) is 10.5. The number of hydrogen-bond acceptors (Lipinski definition) is 6. The number of methoxy groups -OCH3 is 1. The topological polar surface area (TPSA) is 77.5 Å². The van der Waals surface area contributed by atoms with Crippen molar-refractivity contribution in [2.75, 3.05) is 13.7 Å². The number of pyridine rings is 1. The quantitative estimate of drug-likeness (QED) is 0.739. The highest BCUT2D eigenvalue weighted by atomic mass is 16.5. The number of ketones is 1. The molecule has 1 aromatic carbocycles. The van der Waals surface area contributed by atoms with Crippen LogP contribution in [0.25, 0.3) is 0 Å². The number of esters is 1. The van der Waals surface area contributed by atoms with Gasteiger partial charge in [-0.05, 0) is 56.0 Å². The van der Waals surface area contributed by atoms with Crippen LogP contribution in [-0.4, -0.2) is 30.5 Å². The van der Waals surface area contributed by atoms with E-state index in [2.05, 4.69) is 10.3 Å². The van der Waals surface area contributed by atoms with E-state index in [0.717, 1.165) is 17.0 Å². The van der Waals surface area contributed by atoms with Gasteiger partial charge in [-0.2, -0.15) is 0 Å². The molecule has 0 saturated heterocycles. The standard InChI is InChI=1S/C25H26N2O4/c1-4-31-25(29)22-15(2)27-20-13-17(16-8-10-18(30-3)11-9-16)14-21(28)23(20)24(22)19-7-5-6-12-26-19/h5-12,17,24,27H,4,13-14H2,1-3H3/t17-,24+/m1/s1. The highest BCUT2D eigenvalue weighted by molar-refractivity contribution is 6.04. The fraction of sp³-hybridized carbons (Fsp3) is 0.320. The lowest BCUT2D eigenvalue weighted by atomic mass is 9.73. The first-order chi connectivity index (χ1) is 15.0. The lowest BCUT2D eigenvalue weighted by Gasteiger charge is -2.36. The number of aromatic nitrogens is 1. The summed E-state index contributed by atoms with van der Waals surface area (Å²) >= 11 is 0. The van der Waals surface area contributed by atoms with Gasteiger partial charge in [-0.1, -0.05) is 18.2 Å². The Morgan fingerprint density at radius 1 is 1.16 bits per heavy atom. The second-order valence-electron chi connectivity index (χ2n) is 7.77. The van der Waals surface area contributed by atoms with Crippen molar-refractivity contribution in [2.45, 2.75) is 38.5 Å². The second kappa shape index (κ2) is 8.76. The third kappa shape index (κ3) is 3.98. The fourth-order valence-electron chi connectivity index (χ4n) is 4.47. The van der Waals surface area contributed by atoms with E-state index < -0.39 is 11.9 Å². The zero-order valence-corrected chi connectivity index (χ0v) is 18.0. The number of dihydropyridines is 1. The minimum absolute atomic E-state index is 0.0273. The van der Waals surface area contributed by atoms with Gasteiger partial charge in [0.2, 0.25) is 0 Å². The molecule has 0 amide bonds. The van der Waals surface area contributed by atoms with Crippen molar-refractivity contribution < 1.29 is 19.1 Å². The van der Waals surface area contributed by atoms with E-state index in [4.69, 9.17) is 9.47 Å². The van der Waals surface area contributed by atoms with Gasteiger partial charge in [-0.3, -0.25) is 9.78 Å². The van der Waals surface area contributed by atoms with Crippen LogP contribution in [0.4, 0.5) is 0 Å². The van der Waals surface area contributed by atoms with E-state index in [9.17, 15) is 9.59 Å². The average Bonchev–Trinajstić information content (AvgIpc) is 2.78. The summed E-state index contributed by atoms with van der Waals surface area (Å²) in [6.07, 6.45) is 2.75. The van der Waals surface area contributed by atoms with Crippen molar-refractivity contribution in [1.82, 2.24) is 10.3 Å². The predicted molar refractivity (Wildman–Crippen MR) is 116 cm³/mol. The molecular formula is C25H26N2O4. The Morgan fingerprint density at radius 3 is 2.58 bits per heavy atom. The van der Waals surface area contributed by atoms with Crippen LogP contribution in [0.5, 0.6) is 5.75 Å². The largest absolute Gasteiger partial charge is 0.497 e. The lowest BCUT2D eigenvalue weighted by Crippen LogP contribution is -2.36. The molecule has 0 radical (unpaired) electrons. The van der Waals surface area contributed by atoms with Crippen LogP contribution >= 0.6 is 0 Å². The Morgan fingerprint density at radius 2 is 1.94 bits per heavy atom. The molecular weight excluding hydrogens is 392 g/mol. The smallest absolute Gasteiger partial charge is 0.336 e. The van der Waals surface area contributed by atoms with Gasteiger partial charge in [0.25, 0.3) is 0 Å². The summed E-state index contributed by atoms with van der Waals surface area (Å²) in [4.78, 5) is 30.7. The normalized spacial score (nSPS) is 20.8. The zero-order chi connectivity index (χ0) is 22.0. The predicted octanol–water partition coefficient (Wildman–Crippen LogP) is 4.01. The van der Waals surface area contributed by atoms with Crippen LogP contribution < -0.4 is 10.1 Å². The Hall–Kier alpha value is -3.41. The van der Waals surface area contributed by atoms with Crippen LogP contribution in [0.2, 0.25) is 0 Å². The number of nitrogens with one attached hydrogen (secondary N) is 1. The van der Waals surface area contributed by atoms with Crippen molar-refractivity contribution in [1.29, 1.82) is 0 Å². The first-order valence-electron chi connectivity index (χ1n) is 10.5. The van der Waals surface area contributed by atoms with Crippen LogP contribution in [0.1, 0.15) is 49.8 Å². The molecule has 4 rings (SSSR count). The number of carbonyl (C=O) groups excluding carboxylic acids is 2. The van der Waals surface area contributed by atoms with Gasteiger partial charge in [0.15, 0.2) is 5.78 Å². The summed E-state index contributed by atoms with van der Waals surface area (Å²) in [6, 6.07) is 13.4. The molecule has 31 heavy (non-hydrogen) atoms. The van der Waals surface area contributed by atoms with Crippen molar-refractivity contribution in [3.63, 3.8) is 0 Å². The van der Waals surface area contributed by atoms with Gasteiger partial charge in [0, 0.05) is 29.6 Å². The molecule has 160 valence electrons. The highest BCUT2D eigenvalue weighted by Crippen LogP contribution is 2.45. The van der Waals surface area contributed by atoms with Crippen LogP contribution in [0.15, 0.2) is 71.2 Å². The average molecular weight is 418 g/mol. The van der Waals surface area contributed by atoms with E-state index in [1.165, 1.54) is 0 Å². The summed E-state index contributed by atoms with van der Waals surface area (Å²) in [5.74, 6) is -0.0687. The van der Waals surface area contributed by atoms with Crippen molar-refractivity contribution in [3.8, 4) is 5.75 Å². The van der Waals surface area contributed by atoms with Crippen LogP contribution in [-0.2, 0) is 14.3 Å². The number of rotatable bonds is 5. The van der Waals surface area contributed by atoms with E-state index in [1.54, 1.807) is 20.2 Å². The Kier molecular flexibility index (Phi) is 5.89. The summed E-state index contributed by atoms with van der Waals surface area (Å²) in [5.41, 5.74) is 4.41. The SMILES string of the molecule is CCOC(=O)C1=C(C)NC2=C(C(=O)C[C@H](c3ccc(OC)cc3)C2)[C@H]1c1ccccn1. The zero-order valence-electron chi connectivity index (χ0n) is 18.0. The number of nitrogens with zero attached hydrogens (tertiary/aromatic N) is 1. The van der Waals surface area contributed by atoms with Crippen molar-refractivity contribution in [3.05, 3.63) is 82.5 Å². The third-order valence-corrected chi connectivity index (χ3v) is 5.89. The van der Waals surface area contributed by atoms with Gasteiger partial charge >= 0.3 is 5.97 Å². The van der Waals surface area contributed by atoms with E-state index in [-0.39, 0.29) is 18.3 Å². The third-order valence-electron chi connectivity index (χ3n) is 5.89. The molecule has 0 unspecified atom stereocenters. The number of allylic oxidation sites excluding steroid dienone is 3. The molecule has 1 aliphatic heterocycles. The molecule has 1 aliphatic carbocycles. The number of carbonyl (C=O) groups is 2. The second-order valence-corrected chi connectivity index (χ2v) is 7.77. The van der Waals surface area contributed by atoms with Crippen LogP contribution in [0, 0.1) is 0 Å². The van der Waals surface area contributed by atoms with Crippen molar-refractivity contribution in [2.24, 2.45) is 0 Å². The molecule has 0 saturated carbocycles. The molecule has 2 aliphatic rings. The van der Waals surface area contributed by atoms with E-state index in [0.29, 0.717) is 35.4 Å². The highest BCUT2D eigenvalue weighted by Gasteiger charge is 2.41. The Bertz CT molecular complexity index is 1050. The maximum atomic E-state index is 13.4. The fourth-order valence-corrected chi connectivity index (χ4v) is 4.47. The lowest BCUT2D eigenvalue weighted by molar-refractivity contribution is -0.138. The summed E-state index contributed by atoms with van der Waals surface area (Å²) < 4.78 is 10.6. The maximum absolute atomic E-state index is 13.4. The molecule has 0 fully saturated rings. The Balaban J connectivity index is 1.75. The van der Waals surface area contributed by atoms with Gasteiger partial charge in [-0.15, -0.1) is 0 Å². The number of Topliss-reactive ketones (excluding diaryl/α,β-unsaturated/α-hetero) is 1. The molecule has 6 heteroatoms. The molecule has 0 bridgehead atoms. The van der Waals surface area contributed by atoms with E-state index in [1.807, 2.05) is 49.4 Å². The molecule has 1 aromatic heterocycles. The van der Waals surface area contributed by atoms with Crippen molar-refractivity contribution >= 4 is 11.8 Å². The summed E-state index contributed by atoms with van der Waals surface area (Å²) in [7, 11) is 1.64. The molecule has 0 spiro atoms. The maximum Gasteiger partial charge on any atom is 0.336 e. The summed E-state index contributed by atoms with van der Waals surface area (Å²) in [6.45, 7) is 3.90. The first kappa shape index (κ1) is 20.8. The van der Waals surface area contributed by atoms with Crippen LogP contribution in [0.3, 0.4) is 0 Å². The molecule has 2 atom stereocenters. The summed E-state index contributed by atoms with van der Waals surface area (Å²) in [5, 5.41) is 3.35. The number of benzene rings is 1. The van der Waals surface area contributed by atoms with E-state index >= 15 is 0 Å². The minimum Gasteiger partial charge on any atom is -0.497 e. The van der Waals surface area contributed by atoms with Gasteiger partial charge in [-0.25, -0.2) is 4.79 Å². The van der Waals surface area contributed by atoms with Gasteiger partial charge < -0.3 is 14.8 Å². The van der Waals surface area contributed by atoms with Gasteiger partial charge in [0.05, 0.1) is 30.9 Å².